The molecule has 34 heavy (non-hydrogen) atoms. The quantitative estimate of drug-likeness (QED) is 0.137. The first-order valence-electron chi connectivity index (χ1n) is 11.0. The number of nitrogens with one attached hydrogen (secondary N) is 3. The van der Waals surface area contributed by atoms with Crippen LogP contribution < -0.4 is 27.4 Å². The molecule has 0 aliphatic carbocycles. The summed E-state index contributed by atoms with van der Waals surface area (Å²) in [6.45, 7) is 6.86. The van der Waals surface area contributed by atoms with Crippen molar-refractivity contribution < 1.29 is 39.0 Å². The van der Waals surface area contributed by atoms with Crippen LogP contribution in [-0.2, 0) is 28.8 Å². The highest BCUT2D eigenvalue weighted by atomic mass is 16.4. The number of carbonyl (C=O) groups is 6. The third-order valence-corrected chi connectivity index (χ3v) is 4.88. The third-order valence-electron chi connectivity index (χ3n) is 4.88. The molecule has 194 valence electrons. The summed E-state index contributed by atoms with van der Waals surface area (Å²) in [5.74, 6) is -6.04. The van der Waals surface area contributed by atoms with Gasteiger partial charge in [-0.1, -0.05) is 27.7 Å². The van der Waals surface area contributed by atoms with Crippen molar-refractivity contribution in [2.45, 2.75) is 84.0 Å². The number of carbonyl (C=O) groups excluding carboxylic acids is 4. The van der Waals surface area contributed by atoms with Gasteiger partial charge in [0.05, 0.1) is 6.04 Å². The van der Waals surface area contributed by atoms with E-state index in [0.717, 1.165) is 0 Å². The van der Waals surface area contributed by atoms with E-state index < -0.39 is 72.1 Å². The normalized spacial score (nSPS) is 14.6. The molecule has 0 spiro atoms. The molecule has 0 saturated heterocycles. The minimum Gasteiger partial charge on any atom is -0.481 e. The number of hydrogen-bond donors (Lipinski definition) is 7. The zero-order valence-electron chi connectivity index (χ0n) is 20.0. The lowest BCUT2D eigenvalue weighted by Crippen LogP contribution is -2.57. The van der Waals surface area contributed by atoms with Crippen LogP contribution in [0, 0.1) is 11.8 Å². The minimum atomic E-state index is -1.40. The summed E-state index contributed by atoms with van der Waals surface area (Å²) in [7, 11) is 0. The topological polar surface area (TPSA) is 231 Å². The molecule has 9 N–H and O–H groups in total. The zero-order chi connectivity index (χ0) is 26.6. The first-order valence-corrected chi connectivity index (χ1v) is 11.0. The second kappa shape index (κ2) is 14.8. The van der Waals surface area contributed by atoms with Crippen molar-refractivity contribution in [3.8, 4) is 0 Å². The molecule has 0 heterocycles. The van der Waals surface area contributed by atoms with Crippen molar-refractivity contribution in [2.75, 3.05) is 0 Å². The number of carboxylic acid groups (broad SMARTS) is 2. The molecule has 0 aliphatic rings. The van der Waals surface area contributed by atoms with E-state index in [-0.39, 0.29) is 25.2 Å². The number of amides is 4. The van der Waals surface area contributed by atoms with Gasteiger partial charge < -0.3 is 37.6 Å². The Kier molecular flexibility index (Phi) is 13.4. The Hall–Kier alpha value is -3.22. The van der Waals surface area contributed by atoms with Crippen LogP contribution in [0.4, 0.5) is 0 Å². The number of primary amides is 1. The van der Waals surface area contributed by atoms with Crippen molar-refractivity contribution in [3.05, 3.63) is 0 Å². The summed E-state index contributed by atoms with van der Waals surface area (Å²) in [5, 5.41) is 25.4. The summed E-state index contributed by atoms with van der Waals surface area (Å²) in [4.78, 5) is 71.6. The standard InChI is InChI=1S/C21H37N5O8/c1-10(2)9-12(22)18(30)24-13(5-7-15(23)27)19(31)25-14(6-8-16(28)29)20(32)26-17(11(3)4)21(33)34/h10-14,17H,5-9,22H2,1-4H3,(H2,23,27)(H,24,30)(H,25,31)(H,26,32)(H,28,29)(H,33,34). The Balaban J connectivity index is 5.62. The van der Waals surface area contributed by atoms with E-state index in [2.05, 4.69) is 16.0 Å². The Morgan fingerprint density at radius 1 is 0.765 bits per heavy atom. The monoisotopic (exact) mass is 487 g/mol. The predicted octanol–water partition coefficient (Wildman–Crippen LogP) is -1.31. The molecule has 0 bridgehead atoms. The molecule has 0 saturated carbocycles. The lowest BCUT2D eigenvalue weighted by Gasteiger charge is -2.26. The van der Waals surface area contributed by atoms with Crippen LogP contribution >= 0.6 is 0 Å². The second-order valence-corrected chi connectivity index (χ2v) is 8.86. The van der Waals surface area contributed by atoms with E-state index in [9.17, 15) is 33.9 Å². The van der Waals surface area contributed by atoms with E-state index in [1.54, 1.807) is 13.8 Å². The van der Waals surface area contributed by atoms with Gasteiger partial charge in [0.2, 0.25) is 23.6 Å². The molecule has 4 unspecified atom stereocenters. The Morgan fingerprint density at radius 3 is 1.65 bits per heavy atom. The van der Waals surface area contributed by atoms with Crippen LogP contribution in [0.2, 0.25) is 0 Å². The molecular weight excluding hydrogens is 450 g/mol. The molecule has 0 rings (SSSR count). The van der Waals surface area contributed by atoms with Crippen LogP contribution in [0.25, 0.3) is 0 Å². The molecular formula is C21H37N5O8. The molecule has 0 radical (unpaired) electrons. The van der Waals surface area contributed by atoms with Crippen LogP contribution in [0.3, 0.4) is 0 Å². The van der Waals surface area contributed by atoms with E-state index in [0.29, 0.717) is 6.42 Å². The Labute approximate surface area is 198 Å². The minimum absolute atomic E-state index is 0.103. The fraction of sp³-hybridized carbons (Fsp3) is 0.714. The molecule has 0 fully saturated rings. The molecule has 13 nitrogen and oxygen atoms in total. The molecule has 0 aromatic rings. The molecule has 4 amide bonds. The van der Waals surface area contributed by atoms with Crippen molar-refractivity contribution in [1.29, 1.82) is 0 Å². The van der Waals surface area contributed by atoms with Gasteiger partial charge in [-0.05, 0) is 31.1 Å². The van der Waals surface area contributed by atoms with Crippen molar-refractivity contribution in [3.63, 3.8) is 0 Å². The first-order chi connectivity index (χ1) is 15.6. The molecule has 13 heteroatoms. The maximum Gasteiger partial charge on any atom is 0.326 e. The van der Waals surface area contributed by atoms with Crippen LogP contribution in [0.1, 0.15) is 59.8 Å². The SMILES string of the molecule is CC(C)CC(N)C(=O)NC(CCC(N)=O)C(=O)NC(CCC(=O)O)C(=O)NC(C(=O)O)C(C)C. The highest BCUT2D eigenvalue weighted by Gasteiger charge is 2.31. The number of aliphatic carboxylic acids is 2. The average Bonchev–Trinajstić information content (AvgIpc) is 2.70. The number of hydrogen-bond acceptors (Lipinski definition) is 7. The van der Waals surface area contributed by atoms with Gasteiger partial charge in [0.25, 0.3) is 0 Å². The van der Waals surface area contributed by atoms with Gasteiger partial charge in [-0.25, -0.2) is 4.79 Å². The fourth-order valence-electron chi connectivity index (χ4n) is 3.03. The summed E-state index contributed by atoms with van der Waals surface area (Å²) in [6, 6.07) is -4.87. The van der Waals surface area contributed by atoms with Gasteiger partial charge >= 0.3 is 11.9 Å². The van der Waals surface area contributed by atoms with E-state index in [1.165, 1.54) is 0 Å². The van der Waals surface area contributed by atoms with Gasteiger partial charge in [-0.3, -0.25) is 24.0 Å². The number of nitrogens with two attached hydrogens (primary N) is 2. The zero-order valence-corrected chi connectivity index (χ0v) is 20.0. The van der Waals surface area contributed by atoms with Gasteiger partial charge in [-0.15, -0.1) is 0 Å². The maximum atomic E-state index is 12.9. The van der Waals surface area contributed by atoms with Crippen molar-refractivity contribution >= 4 is 35.6 Å². The second-order valence-electron chi connectivity index (χ2n) is 8.86. The van der Waals surface area contributed by atoms with Gasteiger partial charge in [0.15, 0.2) is 0 Å². The van der Waals surface area contributed by atoms with Crippen LogP contribution in [0.15, 0.2) is 0 Å². The summed E-state index contributed by atoms with van der Waals surface area (Å²) >= 11 is 0. The van der Waals surface area contributed by atoms with Gasteiger partial charge in [0, 0.05) is 12.8 Å². The lowest BCUT2D eigenvalue weighted by molar-refractivity contribution is -0.144. The maximum absolute atomic E-state index is 12.9. The summed E-state index contributed by atoms with van der Waals surface area (Å²) < 4.78 is 0. The number of rotatable bonds is 16. The van der Waals surface area contributed by atoms with Crippen molar-refractivity contribution in [1.82, 2.24) is 16.0 Å². The lowest BCUT2D eigenvalue weighted by atomic mass is 10.0. The molecule has 0 aliphatic heterocycles. The third kappa shape index (κ3) is 12.1. The average molecular weight is 488 g/mol. The molecule has 0 aromatic heterocycles. The Bertz CT molecular complexity index is 755. The fourth-order valence-corrected chi connectivity index (χ4v) is 3.03. The smallest absolute Gasteiger partial charge is 0.326 e. The van der Waals surface area contributed by atoms with E-state index in [1.807, 2.05) is 13.8 Å². The van der Waals surface area contributed by atoms with Crippen LogP contribution in [-0.4, -0.2) is 69.9 Å². The van der Waals surface area contributed by atoms with Gasteiger partial charge in [0.1, 0.15) is 18.1 Å². The number of carboxylic acids is 2. The van der Waals surface area contributed by atoms with E-state index >= 15 is 0 Å². The Morgan fingerprint density at radius 2 is 1.24 bits per heavy atom. The molecule has 0 aromatic carbocycles. The predicted molar refractivity (Wildman–Crippen MR) is 121 cm³/mol. The summed E-state index contributed by atoms with van der Waals surface area (Å²) in [6.07, 6.45) is -0.919. The highest BCUT2D eigenvalue weighted by Crippen LogP contribution is 2.08. The summed E-state index contributed by atoms with van der Waals surface area (Å²) in [5.41, 5.74) is 11.0. The first kappa shape index (κ1) is 30.8. The van der Waals surface area contributed by atoms with Crippen LogP contribution in [0.5, 0.6) is 0 Å². The van der Waals surface area contributed by atoms with Crippen molar-refractivity contribution in [2.24, 2.45) is 23.3 Å². The highest BCUT2D eigenvalue weighted by molar-refractivity contribution is 5.94. The molecule has 4 atom stereocenters. The van der Waals surface area contributed by atoms with Gasteiger partial charge in [-0.2, -0.15) is 0 Å². The largest absolute Gasteiger partial charge is 0.481 e. The van der Waals surface area contributed by atoms with E-state index in [4.69, 9.17) is 16.6 Å².